The van der Waals surface area contributed by atoms with E-state index in [1.165, 1.54) is 12.1 Å². The molecule has 1 aromatic carbocycles. The first-order chi connectivity index (χ1) is 7.80. The first-order valence-corrected chi connectivity index (χ1v) is 6.55. The van der Waals surface area contributed by atoms with Crippen LogP contribution >= 0.6 is 0 Å². The number of halogens is 1. The highest BCUT2D eigenvalue weighted by Crippen LogP contribution is 2.17. The van der Waals surface area contributed by atoms with Gasteiger partial charge in [-0.05, 0) is 32.0 Å². The van der Waals surface area contributed by atoms with Crippen LogP contribution in [0.1, 0.15) is 13.8 Å². The Balaban J connectivity index is 2.88. The van der Waals surface area contributed by atoms with Gasteiger partial charge in [-0.2, -0.15) is 0 Å². The van der Waals surface area contributed by atoms with Gasteiger partial charge in [-0.25, -0.2) is 17.9 Å². The Labute approximate surface area is 100 Å². The highest BCUT2D eigenvalue weighted by atomic mass is 32.2. The standard InChI is InChI=1S/C11H15FN2O2S/c1-8(2)5-6-14-11-4-3-9(7-10(11)12)17(13,15)16/h3-5,7,14H,6H2,1-2H3,(H2,13,15,16). The van der Waals surface area contributed by atoms with Gasteiger partial charge in [0.25, 0.3) is 0 Å². The van der Waals surface area contributed by atoms with Gasteiger partial charge in [-0.15, -0.1) is 0 Å². The average molecular weight is 258 g/mol. The van der Waals surface area contributed by atoms with E-state index >= 15 is 0 Å². The summed E-state index contributed by atoms with van der Waals surface area (Å²) in [6, 6.07) is 3.53. The van der Waals surface area contributed by atoms with Crippen molar-refractivity contribution in [3.8, 4) is 0 Å². The van der Waals surface area contributed by atoms with Crippen LogP contribution in [-0.2, 0) is 10.0 Å². The molecule has 0 aliphatic carbocycles. The number of primary sulfonamides is 1. The molecule has 17 heavy (non-hydrogen) atoms. The van der Waals surface area contributed by atoms with Crippen molar-refractivity contribution in [1.82, 2.24) is 0 Å². The summed E-state index contributed by atoms with van der Waals surface area (Å²) in [7, 11) is -3.86. The third-order valence-corrected chi connectivity index (χ3v) is 2.98. The van der Waals surface area contributed by atoms with E-state index < -0.39 is 15.8 Å². The topological polar surface area (TPSA) is 72.2 Å². The molecule has 94 valence electrons. The summed E-state index contributed by atoms with van der Waals surface area (Å²) < 4.78 is 35.5. The Bertz CT molecular complexity index is 534. The lowest BCUT2D eigenvalue weighted by Gasteiger charge is -2.06. The van der Waals surface area contributed by atoms with E-state index in [2.05, 4.69) is 5.32 Å². The lowest BCUT2D eigenvalue weighted by Crippen LogP contribution is -2.12. The van der Waals surface area contributed by atoms with Crippen molar-refractivity contribution in [2.45, 2.75) is 18.7 Å². The second-order valence-corrected chi connectivity index (χ2v) is 5.41. The van der Waals surface area contributed by atoms with Crippen LogP contribution in [0.2, 0.25) is 0 Å². The van der Waals surface area contributed by atoms with Gasteiger partial charge < -0.3 is 5.32 Å². The minimum atomic E-state index is -3.86. The summed E-state index contributed by atoms with van der Waals surface area (Å²) in [5, 5.41) is 7.73. The summed E-state index contributed by atoms with van der Waals surface area (Å²) in [6.45, 7) is 4.35. The summed E-state index contributed by atoms with van der Waals surface area (Å²) in [4.78, 5) is -0.234. The zero-order chi connectivity index (χ0) is 13.1. The zero-order valence-electron chi connectivity index (χ0n) is 9.70. The maximum absolute atomic E-state index is 13.5. The first-order valence-electron chi connectivity index (χ1n) is 5.00. The van der Waals surface area contributed by atoms with Crippen LogP contribution in [0.4, 0.5) is 10.1 Å². The van der Waals surface area contributed by atoms with E-state index in [0.717, 1.165) is 11.6 Å². The molecule has 0 spiro atoms. The summed E-state index contributed by atoms with van der Waals surface area (Å²) in [5.74, 6) is -0.640. The molecule has 0 unspecified atom stereocenters. The molecule has 6 heteroatoms. The summed E-state index contributed by atoms with van der Waals surface area (Å²) in [5.41, 5.74) is 1.36. The number of hydrogen-bond donors (Lipinski definition) is 2. The zero-order valence-corrected chi connectivity index (χ0v) is 10.5. The number of nitrogens with one attached hydrogen (secondary N) is 1. The van der Waals surface area contributed by atoms with Crippen molar-refractivity contribution >= 4 is 15.7 Å². The monoisotopic (exact) mass is 258 g/mol. The maximum atomic E-state index is 13.5. The fourth-order valence-corrected chi connectivity index (χ4v) is 1.71. The molecule has 0 saturated heterocycles. The molecular weight excluding hydrogens is 243 g/mol. The van der Waals surface area contributed by atoms with E-state index in [9.17, 15) is 12.8 Å². The Morgan fingerprint density at radius 2 is 2.12 bits per heavy atom. The van der Waals surface area contributed by atoms with Gasteiger partial charge in [0.1, 0.15) is 5.82 Å². The molecule has 0 amide bonds. The lowest BCUT2D eigenvalue weighted by atomic mass is 10.3. The highest BCUT2D eigenvalue weighted by molar-refractivity contribution is 7.89. The Morgan fingerprint density at radius 1 is 1.47 bits per heavy atom. The molecule has 4 nitrogen and oxygen atoms in total. The van der Waals surface area contributed by atoms with Crippen molar-refractivity contribution in [2.75, 3.05) is 11.9 Å². The van der Waals surface area contributed by atoms with E-state index in [-0.39, 0.29) is 10.6 Å². The van der Waals surface area contributed by atoms with Crippen LogP contribution in [-0.4, -0.2) is 15.0 Å². The third kappa shape index (κ3) is 4.16. The van der Waals surface area contributed by atoms with Crippen molar-refractivity contribution in [2.24, 2.45) is 5.14 Å². The molecule has 0 aromatic heterocycles. The highest BCUT2D eigenvalue weighted by Gasteiger charge is 2.10. The van der Waals surface area contributed by atoms with Crippen molar-refractivity contribution in [1.29, 1.82) is 0 Å². The van der Waals surface area contributed by atoms with Gasteiger partial charge in [0.05, 0.1) is 10.6 Å². The van der Waals surface area contributed by atoms with Crippen molar-refractivity contribution < 1.29 is 12.8 Å². The van der Waals surface area contributed by atoms with Crippen LogP contribution in [0.25, 0.3) is 0 Å². The molecule has 0 heterocycles. The van der Waals surface area contributed by atoms with Gasteiger partial charge in [0, 0.05) is 6.54 Å². The second-order valence-electron chi connectivity index (χ2n) is 3.85. The molecule has 0 fully saturated rings. The molecule has 1 aromatic rings. The molecule has 0 radical (unpaired) electrons. The van der Waals surface area contributed by atoms with Gasteiger partial charge in [-0.3, -0.25) is 0 Å². The number of allylic oxidation sites excluding steroid dienone is 1. The van der Waals surface area contributed by atoms with Crippen LogP contribution < -0.4 is 10.5 Å². The number of rotatable bonds is 4. The van der Waals surface area contributed by atoms with Crippen molar-refractivity contribution in [3.63, 3.8) is 0 Å². The summed E-state index contributed by atoms with van der Waals surface area (Å²) in [6.07, 6.45) is 1.90. The molecule has 0 bridgehead atoms. The normalized spacial score (nSPS) is 11.1. The molecular formula is C11H15FN2O2S. The predicted molar refractivity (Wildman–Crippen MR) is 65.7 cm³/mol. The minimum absolute atomic E-state index is 0.234. The largest absolute Gasteiger partial charge is 0.379 e. The van der Waals surface area contributed by atoms with Gasteiger partial charge >= 0.3 is 0 Å². The molecule has 3 N–H and O–H groups in total. The molecule has 0 saturated carbocycles. The fourth-order valence-electron chi connectivity index (χ4n) is 1.18. The first kappa shape index (κ1) is 13.7. The Kier molecular flexibility index (Phi) is 4.25. The average Bonchev–Trinajstić information content (AvgIpc) is 2.18. The van der Waals surface area contributed by atoms with Crippen LogP contribution in [0, 0.1) is 5.82 Å². The molecule has 0 atom stereocenters. The minimum Gasteiger partial charge on any atom is -0.379 e. The van der Waals surface area contributed by atoms with E-state index in [1.807, 2.05) is 19.9 Å². The Morgan fingerprint density at radius 3 is 2.59 bits per heavy atom. The second kappa shape index (κ2) is 5.29. The molecule has 0 aliphatic rings. The van der Waals surface area contributed by atoms with Crippen LogP contribution in [0.15, 0.2) is 34.7 Å². The van der Waals surface area contributed by atoms with E-state index in [1.54, 1.807) is 0 Å². The number of nitrogens with two attached hydrogens (primary N) is 1. The number of anilines is 1. The molecule has 1 rings (SSSR count). The van der Waals surface area contributed by atoms with Crippen LogP contribution in [0.3, 0.4) is 0 Å². The van der Waals surface area contributed by atoms with Crippen molar-refractivity contribution in [3.05, 3.63) is 35.7 Å². The third-order valence-electron chi connectivity index (χ3n) is 2.07. The van der Waals surface area contributed by atoms with Gasteiger partial charge in [0.2, 0.25) is 10.0 Å². The molecule has 0 aliphatic heterocycles. The SMILES string of the molecule is CC(C)=CCNc1ccc(S(N)(=O)=O)cc1F. The summed E-state index contributed by atoms with van der Waals surface area (Å²) >= 11 is 0. The van der Waals surface area contributed by atoms with Gasteiger partial charge in [0.15, 0.2) is 0 Å². The van der Waals surface area contributed by atoms with Gasteiger partial charge in [-0.1, -0.05) is 11.6 Å². The fraction of sp³-hybridized carbons (Fsp3) is 0.273. The van der Waals surface area contributed by atoms with Crippen LogP contribution in [0.5, 0.6) is 0 Å². The maximum Gasteiger partial charge on any atom is 0.238 e. The van der Waals surface area contributed by atoms with E-state index in [4.69, 9.17) is 5.14 Å². The number of benzene rings is 1. The lowest BCUT2D eigenvalue weighted by molar-refractivity contribution is 0.593. The predicted octanol–water partition coefficient (Wildman–Crippen LogP) is 1.85. The smallest absolute Gasteiger partial charge is 0.238 e. The number of hydrogen-bond acceptors (Lipinski definition) is 3. The van der Waals surface area contributed by atoms with E-state index in [0.29, 0.717) is 6.54 Å². The Hall–Kier alpha value is -1.40. The quantitative estimate of drug-likeness (QED) is 0.809. The number of sulfonamides is 1.